The van der Waals surface area contributed by atoms with Gasteiger partial charge in [0.2, 0.25) is 0 Å². The van der Waals surface area contributed by atoms with Crippen molar-refractivity contribution < 1.29 is 20.3 Å². The van der Waals surface area contributed by atoms with Crippen LogP contribution in [0.3, 0.4) is 0 Å². The van der Waals surface area contributed by atoms with E-state index < -0.39 is 37.1 Å². The molecule has 0 saturated carbocycles. The van der Waals surface area contributed by atoms with Crippen LogP contribution in [0.4, 0.5) is 0 Å². The molecule has 0 N–H and O–H groups in total. The topological polar surface area (TPSA) is 35.9 Å². The van der Waals surface area contributed by atoms with E-state index in [1.54, 1.807) is 0 Å². The number of pyridine rings is 1. The smallest absolute Gasteiger partial charge is 0.269 e. The van der Waals surface area contributed by atoms with Crippen molar-refractivity contribution in [3.8, 4) is 62.1 Å². The first-order valence-electron chi connectivity index (χ1n) is 28.5. The van der Waals surface area contributed by atoms with Crippen LogP contribution >= 0.6 is 0 Å². The lowest BCUT2D eigenvalue weighted by Crippen LogP contribution is -2.32. The molecule has 8 aromatic carbocycles. The molecule has 5 heteroatoms. The summed E-state index contributed by atoms with van der Waals surface area (Å²) >= 11 is 0. The maximum atomic E-state index is 8.67. The van der Waals surface area contributed by atoms with E-state index in [0.717, 1.165) is 61.0 Å². The van der Waals surface area contributed by atoms with Crippen LogP contribution in [0.5, 0.6) is 11.5 Å². The molecule has 3 aromatic heterocycles. The Kier molecular flexibility index (Phi) is 9.27. The average Bonchev–Trinajstić information content (AvgIpc) is 3.98. The SMILES string of the molecule is [2H]c1c([2H])c([2H])c(-c2cnc(-n3c4ccccc4c4ccc(Oc5cccc(-n6[c-][n+](-c7c(-c8cccc(C(C)(C)C)c8)cc(C(C)(C)C)cc7-c7cccc(C(C)(C)C)c7)c7ccccc76)c5)cc43)cc2C([2H])([2H])[2H])c([2H])c1[2H]. The molecule has 0 aliphatic carbocycles. The number of ether oxygens (including phenoxy) is 1. The van der Waals surface area contributed by atoms with E-state index in [2.05, 4.69) is 163 Å². The molecule has 0 atom stereocenters. The third-order valence-corrected chi connectivity index (χ3v) is 13.7. The van der Waals surface area contributed by atoms with E-state index in [1.807, 2.05) is 71.3 Å². The van der Waals surface area contributed by atoms with Gasteiger partial charge in [0.25, 0.3) is 6.33 Å². The highest BCUT2D eigenvalue weighted by molar-refractivity contribution is 6.09. The van der Waals surface area contributed by atoms with Crippen LogP contribution in [-0.2, 0) is 16.2 Å². The number of rotatable bonds is 8. The third kappa shape index (κ3) is 8.57. The van der Waals surface area contributed by atoms with Gasteiger partial charge in [0.15, 0.2) is 0 Å². The molecule has 0 aliphatic rings. The van der Waals surface area contributed by atoms with Crippen molar-refractivity contribution in [3.63, 3.8) is 0 Å². The number of para-hydroxylation sites is 3. The predicted octanol–water partition coefficient (Wildman–Crippen LogP) is 17.2. The van der Waals surface area contributed by atoms with Crippen LogP contribution < -0.4 is 9.30 Å². The summed E-state index contributed by atoms with van der Waals surface area (Å²) in [5.41, 5.74) is 12.6. The minimum Gasteiger partial charge on any atom is -0.458 e. The fraction of sp³-hybridized carbons (Fsp3) is 0.194. The minimum absolute atomic E-state index is 0.0650. The zero-order valence-electron chi connectivity index (χ0n) is 50.3. The van der Waals surface area contributed by atoms with E-state index in [9.17, 15) is 0 Å². The van der Waals surface area contributed by atoms with Gasteiger partial charge in [-0.1, -0.05) is 202 Å². The second-order valence-corrected chi connectivity index (χ2v) is 21.8. The zero-order valence-corrected chi connectivity index (χ0v) is 42.3. The van der Waals surface area contributed by atoms with Crippen molar-refractivity contribution in [2.24, 2.45) is 0 Å². The van der Waals surface area contributed by atoms with Gasteiger partial charge in [0.1, 0.15) is 17.3 Å². The lowest BCUT2D eigenvalue weighted by molar-refractivity contribution is -0.571. The lowest BCUT2D eigenvalue weighted by atomic mass is 9.80. The summed E-state index contributed by atoms with van der Waals surface area (Å²) in [5.74, 6) is 1.36. The first-order chi connectivity index (χ1) is 37.8. The molecular weight excluding hydrogens is 877 g/mol. The zero-order chi connectivity index (χ0) is 57.0. The molecule has 0 amide bonds. The summed E-state index contributed by atoms with van der Waals surface area (Å²) in [6.07, 6.45) is 5.16. The van der Waals surface area contributed by atoms with Gasteiger partial charge in [0, 0.05) is 32.7 Å². The van der Waals surface area contributed by atoms with E-state index in [-0.39, 0.29) is 38.8 Å². The fourth-order valence-corrected chi connectivity index (χ4v) is 9.71. The molecule has 11 aromatic rings. The molecule has 11 rings (SSSR count). The van der Waals surface area contributed by atoms with Crippen molar-refractivity contribution in [1.29, 1.82) is 0 Å². The molecule has 0 spiro atoms. The molecule has 0 fully saturated rings. The Bertz CT molecular complexity index is 4170. The fourth-order valence-electron chi connectivity index (χ4n) is 9.71. The number of aromatic nitrogens is 4. The van der Waals surface area contributed by atoms with Gasteiger partial charge in [-0.05, 0) is 116 Å². The number of nitrogens with zero attached hydrogens (tertiary/aromatic N) is 4. The molecule has 72 heavy (non-hydrogen) atoms. The Morgan fingerprint density at radius 2 is 1.14 bits per heavy atom. The lowest BCUT2D eigenvalue weighted by Gasteiger charge is -2.27. The van der Waals surface area contributed by atoms with E-state index >= 15 is 0 Å². The molecule has 0 saturated heterocycles. The van der Waals surface area contributed by atoms with Crippen LogP contribution in [0.1, 0.15) is 95.5 Å². The van der Waals surface area contributed by atoms with Crippen LogP contribution in [-0.4, -0.2) is 14.1 Å². The van der Waals surface area contributed by atoms with Crippen molar-refractivity contribution in [1.82, 2.24) is 14.1 Å². The molecule has 0 radical (unpaired) electrons. The summed E-state index contributed by atoms with van der Waals surface area (Å²) in [6.45, 7) is 17.6. The summed E-state index contributed by atoms with van der Waals surface area (Å²) in [6, 6.07) is 51.2. The minimum atomic E-state index is -2.74. The van der Waals surface area contributed by atoms with Gasteiger partial charge in [-0.15, -0.1) is 0 Å². The normalized spacial score (nSPS) is 14.1. The van der Waals surface area contributed by atoms with Gasteiger partial charge < -0.3 is 4.74 Å². The Labute approximate surface area is 435 Å². The van der Waals surface area contributed by atoms with Crippen LogP contribution in [0.2, 0.25) is 0 Å². The van der Waals surface area contributed by atoms with Gasteiger partial charge in [-0.25, -0.2) is 4.98 Å². The molecular formula is C67H62N4O. The quantitative estimate of drug-likeness (QED) is 0.112. The Hall–Kier alpha value is -8.02. The van der Waals surface area contributed by atoms with E-state index in [1.165, 1.54) is 29.0 Å². The maximum Gasteiger partial charge on any atom is 0.269 e. The number of fused-ring (bicyclic) bond motifs is 4. The first-order valence-corrected chi connectivity index (χ1v) is 24.5. The van der Waals surface area contributed by atoms with Crippen molar-refractivity contribution >= 4 is 32.8 Å². The first kappa shape index (κ1) is 37.8. The number of hydrogen-bond donors (Lipinski definition) is 0. The standard InChI is InChI=1S/C67H62N4O/c1-44-35-63(68-42-58(44)45-21-12-11-13-22-45)71-59-30-15-14-29-54(59)55-34-33-53(41-62(55)71)72-52-28-20-27-51(40-52)69-43-70(61-32-17-16-31-60(61)69)64-56(46-23-18-25-48(36-46)65(2,3)4)38-50(67(8,9)10)39-57(64)47-24-19-26-49(37-47)66(5,6)7/h11-42H,1-10H3/i1D3,11D,12D,13D,21D,22D. The second kappa shape index (κ2) is 17.7. The van der Waals surface area contributed by atoms with Gasteiger partial charge in [0.05, 0.1) is 40.3 Å². The third-order valence-electron chi connectivity index (χ3n) is 13.7. The van der Waals surface area contributed by atoms with Gasteiger partial charge in [-0.3, -0.25) is 13.7 Å². The highest BCUT2D eigenvalue weighted by Crippen LogP contribution is 2.42. The highest BCUT2D eigenvalue weighted by Gasteiger charge is 2.26. The summed E-state index contributed by atoms with van der Waals surface area (Å²) in [4.78, 5) is 4.76. The maximum absolute atomic E-state index is 8.67. The van der Waals surface area contributed by atoms with Crippen LogP contribution in [0.15, 0.2) is 194 Å². The molecule has 3 heterocycles. The Morgan fingerprint density at radius 1 is 0.528 bits per heavy atom. The van der Waals surface area contributed by atoms with Crippen molar-refractivity contribution in [2.75, 3.05) is 0 Å². The molecule has 0 bridgehead atoms. The number of imidazole rings is 1. The largest absolute Gasteiger partial charge is 0.458 e. The number of hydrogen-bond acceptors (Lipinski definition) is 2. The van der Waals surface area contributed by atoms with Crippen molar-refractivity contribution in [2.45, 2.75) is 85.4 Å². The average molecular weight is 947 g/mol. The monoisotopic (exact) mass is 947 g/mol. The highest BCUT2D eigenvalue weighted by atomic mass is 16.5. The van der Waals surface area contributed by atoms with Crippen LogP contribution in [0, 0.1) is 13.2 Å². The van der Waals surface area contributed by atoms with Crippen LogP contribution in [0.25, 0.3) is 83.4 Å². The Balaban J connectivity index is 1.05. The Morgan fingerprint density at radius 3 is 1.81 bits per heavy atom. The summed E-state index contributed by atoms with van der Waals surface area (Å²) in [5, 5.41) is 1.77. The van der Waals surface area contributed by atoms with Crippen molar-refractivity contribution in [3.05, 3.63) is 223 Å². The van der Waals surface area contributed by atoms with E-state index in [0.29, 0.717) is 17.0 Å². The molecule has 0 aliphatic heterocycles. The molecule has 5 nitrogen and oxygen atoms in total. The predicted molar refractivity (Wildman–Crippen MR) is 299 cm³/mol. The molecule has 0 unspecified atom stereocenters. The number of benzene rings is 8. The summed E-state index contributed by atoms with van der Waals surface area (Å²) in [7, 11) is 0. The molecule has 356 valence electrons. The summed E-state index contributed by atoms with van der Waals surface area (Å²) < 4.78 is 80.9. The van der Waals surface area contributed by atoms with E-state index in [4.69, 9.17) is 20.7 Å². The van der Waals surface area contributed by atoms with Gasteiger partial charge in [-0.2, -0.15) is 0 Å². The second-order valence-electron chi connectivity index (χ2n) is 21.8. The number of aryl methyl sites for hydroxylation is 1. The van der Waals surface area contributed by atoms with Gasteiger partial charge >= 0.3 is 0 Å².